The molecule has 5 heterocycles. The number of hydrogen-bond donors (Lipinski definition) is 2. The third kappa shape index (κ3) is 7.23. The molecular weight excluding hydrogens is 728 g/mol. The van der Waals surface area contributed by atoms with Crippen molar-refractivity contribution < 1.29 is 23.9 Å². The second-order valence-electron chi connectivity index (χ2n) is 15.0. The van der Waals surface area contributed by atoms with Crippen molar-refractivity contribution in [2.75, 3.05) is 25.0 Å². The van der Waals surface area contributed by atoms with Gasteiger partial charge in [-0.3, -0.25) is 23.9 Å². The first kappa shape index (κ1) is 35.8. The molecule has 2 fully saturated rings. The molecule has 1 spiro atoms. The summed E-state index contributed by atoms with van der Waals surface area (Å²) in [5.41, 5.74) is 2.37. The van der Waals surface area contributed by atoms with Gasteiger partial charge in [0.2, 0.25) is 17.7 Å². The molecule has 0 radical (unpaired) electrons. The average molecular weight is 772 g/mol. The van der Waals surface area contributed by atoms with E-state index in [1.807, 2.05) is 45.0 Å². The normalized spacial score (nSPS) is 23.5. The third-order valence-corrected chi connectivity index (χ3v) is 11.3. The summed E-state index contributed by atoms with van der Waals surface area (Å²) < 4.78 is 8.07. The molecule has 52 heavy (non-hydrogen) atoms. The number of hydrogen-bond acceptors (Lipinski definition) is 9. The minimum Gasteiger partial charge on any atom is -0.377 e. The van der Waals surface area contributed by atoms with Gasteiger partial charge >= 0.3 is 0 Å². The van der Waals surface area contributed by atoms with Crippen molar-refractivity contribution in [3.63, 3.8) is 0 Å². The number of likely N-dealkylation sites (tertiary alicyclic amines) is 1. The maximum atomic E-state index is 14.3. The van der Waals surface area contributed by atoms with Gasteiger partial charge in [-0.2, -0.15) is 5.10 Å². The molecule has 13 nitrogen and oxygen atoms in total. The van der Waals surface area contributed by atoms with Crippen LogP contribution in [0.2, 0.25) is 0 Å². The number of ether oxygens (including phenoxy) is 1. The van der Waals surface area contributed by atoms with Gasteiger partial charge in [0, 0.05) is 60.9 Å². The fourth-order valence-corrected chi connectivity index (χ4v) is 7.86. The molecule has 7 rings (SSSR count). The summed E-state index contributed by atoms with van der Waals surface area (Å²) in [6.07, 6.45) is 7.01. The van der Waals surface area contributed by atoms with E-state index in [0.717, 1.165) is 42.4 Å². The molecule has 14 heteroatoms. The monoisotopic (exact) mass is 770 g/mol. The second kappa shape index (κ2) is 14.1. The van der Waals surface area contributed by atoms with Crippen LogP contribution in [0.4, 0.5) is 5.82 Å². The zero-order chi connectivity index (χ0) is 36.8. The van der Waals surface area contributed by atoms with Crippen LogP contribution in [0.25, 0.3) is 22.0 Å². The number of ketones is 1. The second-order valence-corrected chi connectivity index (χ2v) is 15.9. The molecule has 4 aromatic rings. The highest BCUT2D eigenvalue weighted by Gasteiger charge is 2.61. The lowest BCUT2D eigenvalue weighted by atomic mass is 9.85. The highest BCUT2D eigenvalue weighted by Crippen LogP contribution is 2.59. The molecule has 3 aliphatic rings. The number of aryl methyl sites for hydroxylation is 1. The van der Waals surface area contributed by atoms with Crippen molar-refractivity contribution in [2.45, 2.75) is 79.0 Å². The minimum atomic E-state index is -0.830. The van der Waals surface area contributed by atoms with E-state index in [2.05, 4.69) is 46.6 Å². The molecule has 3 atom stereocenters. The zero-order valence-corrected chi connectivity index (χ0v) is 31.5. The number of carbonyl (C=O) groups is 4. The summed E-state index contributed by atoms with van der Waals surface area (Å²) in [5, 5.41) is 11.4. The van der Waals surface area contributed by atoms with E-state index in [0.29, 0.717) is 53.3 Å². The Morgan fingerprint density at radius 2 is 1.85 bits per heavy atom. The van der Waals surface area contributed by atoms with Crippen molar-refractivity contribution in [2.24, 2.45) is 16.7 Å². The first-order chi connectivity index (χ1) is 24.8. The molecule has 272 valence electrons. The van der Waals surface area contributed by atoms with E-state index in [4.69, 9.17) is 4.74 Å². The van der Waals surface area contributed by atoms with Crippen molar-refractivity contribution in [3.05, 3.63) is 64.4 Å². The van der Waals surface area contributed by atoms with Crippen LogP contribution < -0.4 is 10.6 Å². The largest absolute Gasteiger partial charge is 0.377 e. The lowest BCUT2D eigenvalue weighted by molar-refractivity contribution is -0.142. The number of halogens is 1. The van der Waals surface area contributed by atoms with Crippen LogP contribution in [-0.2, 0) is 32.3 Å². The molecule has 1 aliphatic carbocycles. The molecule has 2 N–H and O–H groups in total. The Balaban J connectivity index is 1.19. The van der Waals surface area contributed by atoms with E-state index >= 15 is 0 Å². The fourth-order valence-electron chi connectivity index (χ4n) is 7.55. The lowest BCUT2D eigenvalue weighted by Crippen LogP contribution is -2.55. The minimum absolute atomic E-state index is 0.0105. The number of Topliss-reactive ketones (excluding diaryl/α,β-unsaturated/α-hetero) is 1. The number of nitrogens with zero attached hydrogens (tertiary/aromatic N) is 6. The van der Waals surface area contributed by atoms with Gasteiger partial charge in [0.1, 0.15) is 34.5 Å². The number of amides is 3. The molecule has 3 amide bonds. The standard InChI is InChI=1S/C38H43BrN8O5/c1-22(48)33-28-13-24(26-16-40-23(2)41-17-26)7-9-29(28)47(45-33)19-32(49)46-18-27-14-38(27)15-30(46)35(50)44-34-25(8-10-31(39)43-34)20-52-12-6-5-11-37(3,4)36(51)42-21-38/h7-10,13,16-17,27,30H,5-6,11-12,14-15,18-21H2,1-4H3,(H,42,51)(H,43,44,50)/t27-,30-,38-/m0/s1. The summed E-state index contributed by atoms with van der Waals surface area (Å²) >= 11 is 3.43. The van der Waals surface area contributed by atoms with Crippen LogP contribution in [-0.4, -0.2) is 78.9 Å². The van der Waals surface area contributed by atoms with Crippen LogP contribution >= 0.6 is 15.9 Å². The third-order valence-electron chi connectivity index (χ3n) is 10.9. The van der Waals surface area contributed by atoms with Crippen molar-refractivity contribution in [3.8, 4) is 11.1 Å². The number of anilines is 1. The first-order valence-corrected chi connectivity index (χ1v) is 18.6. The number of carbonyl (C=O) groups excluding carboxylic acids is 4. The highest BCUT2D eigenvalue weighted by molar-refractivity contribution is 9.10. The smallest absolute Gasteiger partial charge is 0.248 e. The number of nitrogens with one attached hydrogen (secondary N) is 2. The van der Waals surface area contributed by atoms with E-state index in [1.54, 1.807) is 28.0 Å². The van der Waals surface area contributed by atoms with Gasteiger partial charge in [0.05, 0.1) is 12.1 Å². The van der Waals surface area contributed by atoms with E-state index in [9.17, 15) is 19.2 Å². The number of rotatable bonds is 4. The summed E-state index contributed by atoms with van der Waals surface area (Å²) in [7, 11) is 0. The fraction of sp³-hybridized carbons (Fsp3) is 0.474. The Bertz CT molecular complexity index is 2060. The van der Waals surface area contributed by atoms with Crippen LogP contribution in [0, 0.1) is 23.7 Å². The molecule has 3 aromatic heterocycles. The van der Waals surface area contributed by atoms with Gasteiger partial charge in [-0.15, -0.1) is 0 Å². The Hall–Kier alpha value is -4.56. The lowest BCUT2D eigenvalue weighted by Gasteiger charge is -2.39. The molecule has 1 saturated carbocycles. The number of benzene rings is 1. The maximum Gasteiger partial charge on any atom is 0.248 e. The average Bonchev–Trinajstić information content (AvgIpc) is 3.72. The Morgan fingerprint density at radius 1 is 1.06 bits per heavy atom. The number of aromatic nitrogens is 5. The number of fused-ring (bicyclic) bond motifs is 3. The van der Waals surface area contributed by atoms with Gasteiger partial charge in [0.15, 0.2) is 5.78 Å². The Labute approximate surface area is 310 Å². The van der Waals surface area contributed by atoms with Gasteiger partial charge in [-0.05, 0) is 83.6 Å². The van der Waals surface area contributed by atoms with E-state index < -0.39 is 11.5 Å². The van der Waals surface area contributed by atoms with Crippen LogP contribution in [0.3, 0.4) is 0 Å². The summed E-state index contributed by atoms with van der Waals surface area (Å²) in [6, 6.07) is 8.43. The molecular formula is C38H43BrN8O5. The quantitative estimate of drug-likeness (QED) is 0.209. The number of piperidine rings is 1. The van der Waals surface area contributed by atoms with Gasteiger partial charge < -0.3 is 20.3 Å². The Morgan fingerprint density at radius 3 is 2.62 bits per heavy atom. The summed E-state index contributed by atoms with van der Waals surface area (Å²) in [6.45, 7) is 8.58. The van der Waals surface area contributed by atoms with E-state index in [-0.39, 0.29) is 53.7 Å². The predicted octanol–water partition coefficient (Wildman–Crippen LogP) is 5.25. The first-order valence-electron chi connectivity index (χ1n) is 17.8. The predicted molar refractivity (Wildman–Crippen MR) is 197 cm³/mol. The Kier molecular flexibility index (Phi) is 9.72. The molecule has 2 bridgehead atoms. The maximum absolute atomic E-state index is 14.3. The molecule has 1 aromatic carbocycles. The number of pyridine rings is 1. The van der Waals surface area contributed by atoms with Gasteiger partial charge in [-0.25, -0.2) is 15.0 Å². The van der Waals surface area contributed by atoms with Crippen molar-refractivity contribution in [1.29, 1.82) is 0 Å². The van der Waals surface area contributed by atoms with E-state index in [1.165, 1.54) is 6.92 Å². The zero-order valence-electron chi connectivity index (χ0n) is 29.9. The van der Waals surface area contributed by atoms with Crippen LogP contribution in [0.5, 0.6) is 0 Å². The van der Waals surface area contributed by atoms with Crippen molar-refractivity contribution >= 4 is 56.2 Å². The summed E-state index contributed by atoms with van der Waals surface area (Å²) in [5.74, 6) is 0.257. The van der Waals surface area contributed by atoms with Crippen LogP contribution in [0.15, 0.2) is 47.3 Å². The SMILES string of the molecule is CC(=O)c1nn(CC(=O)N2C[C@@H]3C[C@]34CNC(=O)C(C)(C)CCCCOCc3ccc(Br)nc3NC(=O)[C@@H]2C4)c2ccc(-c3cnc(C)nc3)cc12. The van der Waals surface area contributed by atoms with Gasteiger partial charge in [-0.1, -0.05) is 32.4 Å². The highest BCUT2D eigenvalue weighted by atomic mass is 79.9. The topological polar surface area (TPSA) is 161 Å². The van der Waals surface area contributed by atoms with Gasteiger partial charge in [0.25, 0.3) is 0 Å². The molecule has 2 aliphatic heterocycles. The van der Waals surface area contributed by atoms with Crippen molar-refractivity contribution in [1.82, 2.24) is 34.9 Å². The molecule has 0 unspecified atom stereocenters. The molecule has 1 saturated heterocycles. The van der Waals surface area contributed by atoms with Crippen LogP contribution in [0.1, 0.15) is 74.8 Å². The summed E-state index contributed by atoms with van der Waals surface area (Å²) in [4.78, 5) is 69.5.